The molecule has 0 spiro atoms. The van der Waals surface area contributed by atoms with Crippen molar-refractivity contribution in [3.05, 3.63) is 25.3 Å². The van der Waals surface area contributed by atoms with Gasteiger partial charge in [-0.3, -0.25) is 9.59 Å². The van der Waals surface area contributed by atoms with Crippen LogP contribution in [0.15, 0.2) is 35.6 Å². The molecule has 0 atom stereocenters. The number of thioether (sulfide) groups is 6. The highest BCUT2D eigenvalue weighted by Crippen LogP contribution is 2.25. The summed E-state index contributed by atoms with van der Waals surface area (Å²) in [5.41, 5.74) is 0. The molecular formula is C23H34N4O2S6. The molecule has 194 valence electrons. The van der Waals surface area contributed by atoms with Crippen LogP contribution in [0.2, 0.25) is 0 Å². The van der Waals surface area contributed by atoms with Gasteiger partial charge in [0.05, 0.1) is 0 Å². The molecule has 12 heteroatoms. The third-order valence-electron chi connectivity index (χ3n) is 4.73. The maximum Gasteiger partial charge on any atom is 0.227 e. The van der Waals surface area contributed by atoms with Crippen molar-refractivity contribution < 1.29 is 9.59 Å². The molecule has 0 amide bonds. The maximum absolute atomic E-state index is 11.3. The van der Waals surface area contributed by atoms with Gasteiger partial charge in [0.2, 0.25) is 16.2 Å². The van der Waals surface area contributed by atoms with Gasteiger partial charge < -0.3 is 5.32 Å². The highest BCUT2D eigenvalue weighted by atomic mass is 32.2. The summed E-state index contributed by atoms with van der Waals surface area (Å²) in [7, 11) is 0. The van der Waals surface area contributed by atoms with E-state index in [4.69, 9.17) is 0 Å². The molecule has 1 aromatic heterocycles. The van der Waals surface area contributed by atoms with Crippen LogP contribution in [0.25, 0.3) is 0 Å². The van der Waals surface area contributed by atoms with E-state index in [0.29, 0.717) is 12.0 Å². The minimum atomic E-state index is 0.0354. The van der Waals surface area contributed by atoms with Crippen molar-refractivity contribution >= 4 is 86.8 Å². The van der Waals surface area contributed by atoms with Crippen molar-refractivity contribution in [2.75, 3.05) is 51.3 Å². The number of rotatable bonds is 18. The Morgan fingerprint density at radius 1 is 0.743 bits per heavy atom. The van der Waals surface area contributed by atoms with Crippen LogP contribution in [0, 0.1) is 0 Å². The van der Waals surface area contributed by atoms with Crippen molar-refractivity contribution in [2.45, 2.75) is 48.5 Å². The van der Waals surface area contributed by atoms with Crippen LogP contribution in [0.4, 0.5) is 5.95 Å². The van der Waals surface area contributed by atoms with E-state index in [1.165, 1.54) is 67.8 Å². The summed E-state index contributed by atoms with van der Waals surface area (Å²) in [6, 6.07) is 0.444. The highest BCUT2D eigenvalue weighted by Gasteiger charge is 2.16. The normalized spacial score (nSPS) is 13.9. The standard InChI is InChI=1S/C23H34N4O2S6/c1-3-19(28)32-14-10-30-12-16-34-22-25-21(24-18-8-6-5-7-9-18)26-23(27-22)35-17-13-31-11-15-33-20(29)4-2/h3-4,18H,1-2,5-17H2,(H,24,25,26,27). The summed E-state index contributed by atoms with van der Waals surface area (Å²) in [4.78, 5) is 36.6. The zero-order chi connectivity index (χ0) is 25.1. The van der Waals surface area contributed by atoms with E-state index < -0.39 is 0 Å². The summed E-state index contributed by atoms with van der Waals surface area (Å²) in [5, 5.41) is 5.15. The molecule has 0 aromatic carbocycles. The van der Waals surface area contributed by atoms with Crippen LogP contribution in [-0.4, -0.2) is 77.2 Å². The summed E-state index contributed by atoms with van der Waals surface area (Å²) in [6.45, 7) is 6.99. The zero-order valence-electron chi connectivity index (χ0n) is 19.9. The first-order valence-corrected chi connectivity index (χ1v) is 17.9. The number of nitrogens with zero attached hydrogens (tertiary/aromatic N) is 3. The minimum absolute atomic E-state index is 0.0354. The Hall–Kier alpha value is -0.270. The lowest BCUT2D eigenvalue weighted by Gasteiger charge is -2.22. The molecule has 1 heterocycles. The predicted molar refractivity (Wildman–Crippen MR) is 162 cm³/mol. The molecule has 1 aliphatic rings. The van der Waals surface area contributed by atoms with Gasteiger partial charge in [0.25, 0.3) is 0 Å². The first kappa shape index (κ1) is 31.0. The van der Waals surface area contributed by atoms with Crippen molar-refractivity contribution in [3.8, 4) is 0 Å². The number of carbonyl (C=O) groups excluding carboxylic acids is 2. The van der Waals surface area contributed by atoms with Gasteiger partial charge in [0, 0.05) is 52.1 Å². The Labute approximate surface area is 235 Å². The van der Waals surface area contributed by atoms with Gasteiger partial charge in [-0.05, 0) is 25.0 Å². The number of anilines is 1. The molecule has 0 radical (unpaired) electrons. The van der Waals surface area contributed by atoms with E-state index in [9.17, 15) is 9.59 Å². The van der Waals surface area contributed by atoms with Gasteiger partial charge in [-0.25, -0.2) is 0 Å². The lowest BCUT2D eigenvalue weighted by Crippen LogP contribution is -2.24. The molecule has 1 fully saturated rings. The number of hydrogen-bond donors (Lipinski definition) is 1. The van der Waals surface area contributed by atoms with Crippen LogP contribution in [0.1, 0.15) is 32.1 Å². The first-order chi connectivity index (χ1) is 17.1. The molecule has 1 N–H and O–H groups in total. The van der Waals surface area contributed by atoms with E-state index in [0.717, 1.165) is 56.3 Å². The van der Waals surface area contributed by atoms with Gasteiger partial charge >= 0.3 is 0 Å². The van der Waals surface area contributed by atoms with E-state index in [-0.39, 0.29) is 10.2 Å². The van der Waals surface area contributed by atoms with Crippen LogP contribution < -0.4 is 5.32 Å². The molecule has 6 nitrogen and oxygen atoms in total. The highest BCUT2D eigenvalue weighted by molar-refractivity contribution is 8.15. The fourth-order valence-electron chi connectivity index (χ4n) is 3.07. The first-order valence-electron chi connectivity index (χ1n) is 11.6. The number of hydrogen-bond acceptors (Lipinski definition) is 12. The predicted octanol–water partition coefficient (Wildman–Crippen LogP) is 6.16. The summed E-state index contributed by atoms with van der Waals surface area (Å²) in [6.07, 6.45) is 8.90. The number of nitrogens with one attached hydrogen (secondary N) is 1. The fraction of sp³-hybridized carbons (Fsp3) is 0.609. The summed E-state index contributed by atoms with van der Waals surface area (Å²) in [5.74, 6) is 7.98. The van der Waals surface area contributed by atoms with Gasteiger partial charge in [0.1, 0.15) is 0 Å². The number of carbonyl (C=O) groups is 2. The molecule has 2 rings (SSSR count). The van der Waals surface area contributed by atoms with E-state index in [1.54, 1.807) is 23.5 Å². The fourth-order valence-corrected chi connectivity index (χ4v) is 8.36. The van der Waals surface area contributed by atoms with Gasteiger partial charge in [-0.15, -0.1) is 0 Å². The van der Waals surface area contributed by atoms with Crippen LogP contribution >= 0.6 is 70.6 Å². The van der Waals surface area contributed by atoms with E-state index in [2.05, 4.69) is 33.4 Å². The smallest absolute Gasteiger partial charge is 0.227 e. The molecule has 1 saturated carbocycles. The van der Waals surface area contributed by atoms with Crippen LogP contribution in [-0.2, 0) is 9.59 Å². The Morgan fingerprint density at radius 3 is 1.71 bits per heavy atom. The Balaban J connectivity index is 1.78. The molecule has 0 saturated heterocycles. The average molecular weight is 591 g/mol. The lowest BCUT2D eigenvalue weighted by atomic mass is 9.96. The van der Waals surface area contributed by atoms with Crippen molar-refractivity contribution in [3.63, 3.8) is 0 Å². The monoisotopic (exact) mass is 590 g/mol. The van der Waals surface area contributed by atoms with Crippen molar-refractivity contribution in [1.29, 1.82) is 0 Å². The zero-order valence-corrected chi connectivity index (χ0v) is 24.8. The van der Waals surface area contributed by atoms with Crippen LogP contribution in [0.3, 0.4) is 0 Å². The lowest BCUT2D eigenvalue weighted by molar-refractivity contribution is -0.107. The van der Waals surface area contributed by atoms with Gasteiger partial charge in [-0.2, -0.15) is 38.5 Å². The van der Waals surface area contributed by atoms with Crippen molar-refractivity contribution in [1.82, 2.24) is 15.0 Å². The summed E-state index contributed by atoms with van der Waals surface area (Å²) >= 11 is 9.63. The van der Waals surface area contributed by atoms with Crippen molar-refractivity contribution in [2.24, 2.45) is 0 Å². The van der Waals surface area contributed by atoms with Gasteiger partial charge in [0.15, 0.2) is 10.3 Å². The van der Waals surface area contributed by atoms with E-state index >= 15 is 0 Å². The SMILES string of the molecule is C=CC(=O)SCCSCCSc1nc(NC2CCCCC2)nc(SCCSCCSC(=O)C=C)n1. The summed E-state index contributed by atoms with van der Waals surface area (Å²) < 4.78 is 0. The Kier molecular flexibility index (Phi) is 17.5. The molecule has 1 aliphatic carbocycles. The molecular weight excluding hydrogens is 557 g/mol. The molecule has 1 aromatic rings. The maximum atomic E-state index is 11.3. The second-order valence-corrected chi connectivity index (χ2v) is 14.1. The average Bonchev–Trinajstić information content (AvgIpc) is 2.87. The second-order valence-electron chi connectivity index (χ2n) is 7.37. The quantitative estimate of drug-likeness (QED) is 0.121. The van der Waals surface area contributed by atoms with E-state index in [1.807, 2.05) is 23.5 Å². The second kappa shape index (κ2) is 19.8. The molecule has 0 aliphatic heterocycles. The molecule has 0 unspecified atom stereocenters. The third-order valence-corrected chi connectivity index (χ3v) is 11.1. The Bertz CT molecular complexity index is 756. The Morgan fingerprint density at radius 2 is 1.23 bits per heavy atom. The molecule has 35 heavy (non-hydrogen) atoms. The number of aromatic nitrogens is 3. The third kappa shape index (κ3) is 14.9. The topological polar surface area (TPSA) is 84.8 Å². The van der Waals surface area contributed by atoms with Crippen LogP contribution in [0.5, 0.6) is 0 Å². The minimum Gasteiger partial charge on any atom is -0.351 e. The molecule has 0 bridgehead atoms. The largest absolute Gasteiger partial charge is 0.351 e. The van der Waals surface area contributed by atoms with Gasteiger partial charge in [-0.1, -0.05) is 79.5 Å².